The molecule has 1 aromatic rings. The first-order valence-corrected chi connectivity index (χ1v) is 4.90. The van der Waals surface area contributed by atoms with Crippen LogP contribution in [0.5, 0.6) is 0 Å². The third-order valence-electron chi connectivity index (χ3n) is 2.64. The summed E-state index contributed by atoms with van der Waals surface area (Å²) in [4.78, 5) is 2.22. The third-order valence-corrected chi connectivity index (χ3v) is 2.64. The summed E-state index contributed by atoms with van der Waals surface area (Å²) in [6.07, 6.45) is 1.12. The smallest absolute Gasteiger partial charge is 0.0313 e. The van der Waals surface area contributed by atoms with Crippen molar-refractivity contribution in [3.05, 3.63) is 35.4 Å². The van der Waals surface area contributed by atoms with Crippen molar-refractivity contribution in [1.82, 2.24) is 4.90 Å². The van der Waals surface area contributed by atoms with Gasteiger partial charge in [0, 0.05) is 6.04 Å². The molecule has 0 heterocycles. The zero-order valence-electron chi connectivity index (χ0n) is 9.04. The first-order chi connectivity index (χ1) is 6.15. The van der Waals surface area contributed by atoms with Crippen molar-refractivity contribution in [3.63, 3.8) is 0 Å². The lowest BCUT2D eigenvalue weighted by Gasteiger charge is -2.20. The number of hydrogen-bond acceptors (Lipinski definition) is 1. The third kappa shape index (κ3) is 2.56. The highest BCUT2D eigenvalue weighted by molar-refractivity contribution is 5.24. The number of nitrogens with zero attached hydrogens (tertiary/aromatic N) is 1. The lowest BCUT2D eigenvalue weighted by molar-refractivity contribution is 0.321. The maximum Gasteiger partial charge on any atom is 0.0313 e. The summed E-state index contributed by atoms with van der Waals surface area (Å²) in [6.45, 7) is 4.41. The molecule has 0 aliphatic carbocycles. The van der Waals surface area contributed by atoms with E-state index >= 15 is 0 Å². The van der Waals surface area contributed by atoms with Crippen LogP contribution < -0.4 is 0 Å². The van der Waals surface area contributed by atoms with Gasteiger partial charge in [0.1, 0.15) is 0 Å². The van der Waals surface area contributed by atoms with Crippen LogP contribution >= 0.6 is 0 Å². The van der Waals surface area contributed by atoms with Crippen molar-refractivity contribution in [2.75, 3.05) is 14.1 Å². The molecule has 0 saturated heterocycles. The van der Waals surface area contributed by atoms with E-state index in [1.807, 2.05) is 0 Å². The van der Waals surface area contributed by atoms with E-state index in [1.54, 1.807) is 0 Å². The second-order valence-corrected chi connectivity index (χ2v) is 3.73. The topological polar surface area (TPSA) is 3.24 Å². The van der Waals surface area contributed by atoms with Gasteiger partial charge in [-0.15, -0.1) is 0 Å². The number of hydrogen-bond donors (Lipinski definition) is 0. The largest absolute Gasteiger partial charge is 0.303 e. The van der Waals surface area contributed by atoms with Crippen LogP contribution in [0, 0.1) is 0 Å². The van der Waals surface area contributed by atoms with Crippen molar-refractivity contribution in [2.24, 2.45) is 0 Å². The van der Waals surface area contributed by atoms with Crippen LogP contribution in [0.4, 0.5) is 0 Å². The van der Waals surface area contributed by atoms with E-state index in [-0.39, 0.29) is 0 Å². The summed E-state index contributed by atoms with van der Waals surface area (Å²) < 4.78 is 0. The van der Waals surface area contributed by atoms with E-state index in [9.17, 15) is 0 Å². The highest BCUT2D eigenvalue weighted by atomic mass is 15.1. The highest BCUT2D eigenvalue weighted by Gasteiger charge is 2.06. The Morgan fingerprint density at radius 3 is 2.08 bits per heavy atom. The van der Waals surface area contributed by atoms with Crippen molar-refractivity contribution in [1.29, 1.82) is 0 Å². The molecular weight excluding hydrogens is 158 g/mol. The van der Waals surface area contributed by atoms with E-state index in [0.717, 1.165) is 6.42 Å². The molecule has 0 aliphatic rings. The zero-order valence-corrected chi connectivity index (χ0v) is 9.04. The Labute approximate surface area is 81.4 Å². The average molecular weight is 177 g/mol. The van der Waals surface area contributed by atoms with Gasteiger partial charge in [0.2, 0.25) is 0 Å². The molecule has 0 N–H and O–H groups in total. The quantitative estimate of drug-likeness (QED) is 0.686. The number of aryl methyl sites for hydroxylation is 1. The predicted octanol–water partition coefficient (Wildman–Crippen LogP) is 2.87. The Bertz CT molecular complexity index is 248. The fraction of sp³-hybridized carbons (Fsp3) is 0.500. The van der Waals surface area contributed by atoms with Crippen molar-refractivity contribution >= 4 is 0 Å². The van der Waals surface area contributed by atoms with Gasteiger partial charge in [-0.3, -0.25) is 0 Å². The van der Waals surface area contributed by atoms with E-state index in [1.165, 1.54) is 11.1 Å². The maximum absolute atomic E-state index is 2.23. The molecule has 0 aliphatic heterocycles. The Morgan fingerprint density at radius 1 is 1.15 bits per heavy atom. The van der Waals surface area contributed by atoms with E-state index in [4.69, 9.17) is 0 Å². The highest BCUT2D eigenvalue weighted by Crippen LogP contribution is 2.17. The molecule has 1 heteroatoms. The predicted molar refractivity (Wildman–Crippen MR) is 57.9 cm³/mol. The molecule has 0 spiro atoms. The Kier molecular flexibility index (Phi) is 3.49. The molecule has 0 bridgehead atoms. The van der Waals surface area contributed by atoms with Gasteiger partial charge in [-0.05, 0) is 38.6 Å². The standard InChI is InChI=1S/C12H19N/c1-5-11-6-8-12(9-7-11)10(2)13(3)4/h6-10H,5H2,1-4H3. The monoisotopic (exact) mass is 177 g/mol. The summed E-state index contributed by atoms with van der Waals surface area (Å²) in [7, 11) is 4.22. The summed E-state index contributed by atoms with van der Waals surface area (Å²) in [5.74, 6) is 0. The van der Waals surface area contributed by atoms with Crippen molar-refractivity contribution in [3.8, 4) is 0 Å². The molecule has 1 atom stereocenters. The van der Waals surface area contributed by atoms with Crippen LogP contribution in [0.25, 0.3) is 0 Å². The fourth-order valence-electron chi connectivity index (χ4n) is 1.33. The van der Waals surface area contributed by atoms with Crippen LogP contribution in [0.1, 0.15) is 31.0 Å². The molecule has 0 saturated carbocycles. The van der Waals surface area contributed by atoms with Crippen molar-refractivity contribution < 1.29 is 0 Å². The Hall–Kier alpha value is -0.820. The average Bonchev–Trinajstić information content (AvgIpc) is 2.17. The van der Waals surface area contributed by atoms with Gasteiger partial charge in [-0.2, -0.15) is 0 Å². The molecule has 1 rings (SSSR count). The van der Waals surface area contributed by atoms with Gasteiger partial charge in [0.25, 0.3) is 0 Å². The summed E-state index contributed by atoms with van der Waals surface area (Å²) in [5.41, 5.74) is 2.80. The lowest BCUT2D eigenvalue weighted by atomic mass is 10.0. The van der Waals surface area contributed by atoms with Crippen LogP contribution in [-0.4, -0.2) is 19.0 Å². The van der Waals surface area contributed by atoms with Crippen molar-refractivity contribution in [2.45, 2.75) is 26.3 Å². The molecule has 0 radical (unpaired) electrons. The van der Waals surface area contributed by atoms with E-state index < -0.39 is 0 Å². The Morgan fingerprint density at radius 2 is 1.69 bits per heavy atom. The number of benzene rings is 1. The summed E-state index contributed by atoms with van der Waals surface area (Å²) in [6, 6.07) is 9.39. The normalized spacial score (nSPS) is 13.3. The SMILES string of the molecule is CCc1ccc(C(C)N(C)C)cc1. The molecule has 0 aromatic heterocycles. The maximum atomic E-state index is 2.23. The van der Waals surface area contributed by atoms with Gasteiger partial charge >= 0.3 is 0 Å². The Balaban J connectivity index is 2.79. The molecule has 0 fully saturated rings. The first kappa shape index (κ1) is 10.3. The summed E-state index contributed by atoms with van der Waals surface area (Å²) in [5, 5.41) is 0. The molecule has 0 amide bonds. The van der Waals surface area contributed by atoms with Crippen LogP contribution in [0.15, 0.2) is 24.3 Å². The van der Waals surface area contributed by atoms with Gasteiger partial charge in [-0.25, -0.2) is 0 Å². The van der Waals surface area contributed by atoms with Crippen LogP contribution in [0.2, 0.25) is 0 Å². The first-order valence-electron chi connectivity index (χ1n) is 4.90. The fourth-order valence-corrected chi connectivity index (χ4v) is 1.33. The molecule has 1 nitrogen and oxygen atoms in total. The molecule has 1 aromatic carbocycles. The minimum Gasteiger partial charge on any atom is -0.303 e. The molecule has 1 unspecified atom stereocenters. The van der Waals surface area contributed by atoms with Crippen LogP contribution in [0.3, 0.4) is 0 Å². The van der Waals surface area contributed by atoms with Gasteiger partial charge in [-0.1, -0.05) is 31.2 Å². The van der Waals surface area contributed by atoms with Gasteiger partial charge < -0.3 is 4.90 Å². The van der Waals surface area contributed by atoms with E-state index in [0.29, 0.717) is 6.04 Å². The zero-order chi connectivity index (χ0) is 9.84. The minimum atomic E-state index is 0.505. The molecule has 72 valence electrons. The van der Waals surface area contributed by atoms with E-state index in [2.05, 4.69) is 57.1 Å². The summed E-state index contributed by atoms with van der Waals surface area (Å²) >= 11 is 0. The lowest BCUT2D eigenvalue weighted by Crippen LogP contribution is -2.16. The minimum absolute atomic E-state index is 0.505. The van der Waals surface area contributed by atoms with Crippen LogP contribution in [-0.2, 0) is 6.42 Å². The second kappa shape index (κ2) is 4.43. The molecule has 13 heavy (non-hydrogen) atoms. The second-order valence-electron chi connectivity index (χ2n) is 3.73. The molecular formula is C12H19N. The van der Waals surface area contributed by atoms with Gasteiger partial charge in [0.05, 0.1) is 0 Å². The number of rotatable bonds is 3. The van der Waals surface area contributed by atoms with Gasteiger partial charge in [0.15, 0.2) is 0 Å².